The maximum Gasteiger partial charge on any atom is 0.273 e. The van der Waals surface area contributed by atoms with Gasteiger partial charge in [-0.15, -0.1) is 0 Å². The molecule has 1 aromatic rings. The number of sulfonamides is 1. The minimum atomic E-state index is -3.95. The molecular weight excluding hydrogens is 274 g/mol. The SMILES string of the molecule is CNC(=O)CNS(=O)(=O)c1ccc(C)c([N+](=O)[O-])c1. The predicted molar refractivity (Wildman–Crippen MR) is 67.1 cm³/mol. The molecule has 0 heterocycles. The number of nitrogens with one attached hydrogen (secondary N) is 2. The Morgan fingerprint density at radius 2 is 2.05 bits per heavy atom. The molecule has 1 aromatic carbocycles. The number of benzene rings is 1. The predicted octanol–water partition coefficient (Wildman–Crippen LogP) is -0.0725. The first kappa shape index (κ1) is 15.1. The number of nitrogens with zero attached hydrogens (tertiary/aromatic N) is 1. The molecule has 104 valence electrons. The zero-order valence-electron chi connectivity index (χ0n) is 10.3. The summed E-state index contributed by atoms with van der Waals surface area (Å²) >= 11 is 0. The highest BCUT2D eigenvalue weighted by molar-refractivity contribution is 7.89. The van der Waals surface area contributed by atoms with Crippen LogP contribution in [0.3, 0.4) is 0 Å². The van der Waals surface area contributed by atoms with E-state index in [1.807, 2.05) is 4.72 Å². The summed E-state index contributed by atoms with van der Waals surface area (Å²) in [6, 6.07) is 3.54. The minimum absolute atomic E-state index is 0.256. The van der Waals surface area contributed by atoms with E-state index in [9.17, 15) is 23.3 Å². The van der Waals surface area contributed by atoms with Crippen molar-refractivity contribution < 1.29 is 18.1 Å². The Hall–Kier alpha value is -2.00. The molecule has 0 radical (unpaired) electrons. The van der Waals surface area contributed by atoms with Crippen molar-refractivity contribution >= 4 is 21.6 Å². The topological polar surface area (TPSA) is 118 Å². The number of amides is 1. The van der Waals surface area contributed by atoms with Crippen LogP contribution in [0.15, 0.2) is 23.1 Å². The normalized spacial score (nSPS) is 11.1. The number of hydrogen-bond donors (Lipinski definition) is 2. The van der Waals surface area contributed by atoms with Gasteiger partial charge in [0.05, 0.1) is 16.4 Å². The molecule has 0 fully saturated rings. The summed E-state index contributed by atoms with van der Waals surface area (Å²) in [5.41, 5.74) is 0.0677. The molecule has 0 atom stereocenters. The number of carbonyl (C=O) groups is 1. The van der Waals surface area contributed by atoms with Gasteiger partial charge in [-0.25, -0.2) is 13.1 Å². The van der Waals surface area contributed by atoms with Crippen molar-refractivity contribution in [1.29, 1.82) is 0 Å². The van der Waals surface area contributed by atoms with Gasteiger partial charge in [0.25, 0.3) is 5.69 Å². The highest BCUT2D eigenvalue weighted by Crippen LogP contribution is 2.21. The van der Waals surface area contributed by atoms with Crippen LogP contribution in [0.5, 0.6) is 0 Å². The third-order valence-corrected chi connectivity index (χ3v) is 3.79. The van der Waals surface area contributed by atoms with Gasteiger partial charge in [0, 0.05) is 18.7 Å². The van der Waals surface area contributed by atoms with E-state index < -0.39 is 27.4 Å². The van der Waals surface area contributed by atoms with Crippen LogP contribution >= 0.6 is 0 Å². The molecule has 0 saturated heterocycles. The lowest BCUT2D eigenvalue weighted by Crippen LogP contribution is -2.35. The van der Waals surface area contributed by atoms with Gasteiger partial charge in [0.1, 0.15) is 0 Å². The fraction of sp³-hybridized carbons (Fsp3) is 0.300. The quantitative estimate of drug-likeness (QED) is 0.580. The summed E-state index contributed by atoms with van der Waals surface area (Å²) in [4.78, 5) is 20.8. The summed E-state index contributed by atoms with van der Waals surface area (Å²) < 4.78 is 25.7. The second-order valence-corrected chi connectivity index (χ2v) is 5.47. The molecule has 0 aliphatic heterocycles. The Kier molecular flexibility index (Phi) is 4.57. The van der Waals surface area contributed by atoms with E-state index >= 15 is 0 Å². The second kappa shape index (κ2) is 5.76. The summed E-state index contributed by atoms with van der Waals surface area (Å²) in [5, 5.41) is 13.0. The summed E-state index contributed by atoms with van der Waals surface area (Å²) in [6.07, 6.45) is 0. The molecule has 1 amide bonds. The Morgan fingerprint density at radius 3 is 2.58 bits per heavy atom. The third kappa shape index (κ3) is 3.73. The highest BCUT2D eigenvalue weighted by atomic mass is 32.2. The molecule has 8 nitrogen and oxygen atoms in total. The first-order valence-electron chi connectivity index (χ1n) is 5.23. The Labute approximate surface area is 110 Å². The zero-order valence-corrected chi connectivity index (χ0v) is 11.2. The van der Waals surface area contributed by atoms with Gasteiger partial charge in [0.15, 0.2) is 0 Å². The van der Waals surface area contributed by atoms with Gasteiger partial charge >= 0.3 is 0 Å². The molecule has 0 unspecified atom stereocenters. The van der Waals surface area contributed by atoms with Crippen molar-refractivity contribution in [3.63, 3.8) is 0 Å². The van der Waals surface area contributed by atoms with Gasteiger partial charge in [-0.2, -0.15) is 0 Å². The number of nitro benzene ring substituents is 1. The van der Waals surface area contributed by atoms with Crippen LogP contribution in [0.1, 0.15) is 5.56 Å². The second-order valence-electron chi connectivity index (χ2n) is 3.70. The highest BCUT2D eigenvalue weighted by Gasteiger charge is 2.20. The maximum absolute atomic E-state index is 11.8. The van der Waals surface area contributed by atoms with Crippen LogP contribution in [0, 0.1) is 17.0 Å². The Balaban J connectivity index is 3.05. The van der Waals surface area contributed by atoms with E-state index in [4.69, 9.17) is 0 Å². The molecule has 2 N–H and O–H groups in total. The van der Waals surface area contributed by atoms with Crippen LogP contribution < -0.4 is 10.0 Å². The smallest absolute Gasteiger partial charge is 0.273 e. The molecule has 0 saturated carbocycles. The van der Waals surface area contributed by atoms with Crippen molar-refractivity contribution in [3.05, 3.63) is 33.9 Å². The van der Waals surface area contributed by atoms with Gasteiger partial charge in [0.2, 0.25) is 15.9 Å². The van der Waals surface area contributed by atoms with E-state index in [-0.39, 0.29) is 10.6 Å². The van der Waals surface area contributed by atoms with Gasteiger partial charge in [-0.3, -0.25) is 14.9 Å². The molecule has 0 aliphatic carbocycles. The van der Waals surface area contributed by atoms with Crippen LogP contribution in [0.2, 0.25) is 0 Å². The molecule has 0 bridgehead atoms. The molecule has 0 aromatic heterocycles. The van der Waals surface area contributed by atoms with Crippen LogP contribution in [-0.2, 0) is 14.8 Å². The number of nitro groups is 1. The average molecular weight is 287 g/mol. The largest absolute Gasteiger partial charge is 0.358 e. The number of hydrogen-bond acceptors (Lipinski definition) is 5. The van der Waals surface area contributed by atoms with Crippen molar-refractivity contribution in [1.82, 2.24) is 10.0 Å². The first-order valence-corrected chi connectivity index (χ1v) is 6.71. The number of aryl methyl sites for hydroxylation is 1. The van der Waals surface area contributed by atoms with Gasteiger partial charge in [-0.1, -0.05) is 6.07 Å². The molecule has 1 rings (SSSR count). The minimum Gasteiger partial charge on any atom is -0.358 e. The fourth-order valence-corrected chi connectivity index (χ4v) is 2.29. The monoisotopic (exact) mass is 287 g/mol. The van der Waals surface area contributed by atoms with Crippen LogP contribution in [0.4, 0.5) is 5.69 Å². The lowest BCUT2D eigenvalue weighted by Gasteiger charge is -2.06. The van der Waals surface area contributed by atoms with E-state index in [0.717, 1.165) is 6.07 Å². The summed E-state index contributed by atoms with van der Waals surface area (Å²) in [5.74, 6) is -0.509. The zero-order chi connectivity index (χ0) is 14.6. The van der Waals surface area contributed by atoms with E-state index in [0.29, 0.717) is 5.56 Å². The van der Waals surface area contributed by atoms with Crippen LogP contribution in [0.25, 0.3) is 0 Å². The van der Waals surface area contributed by atoms with Gasteiger partial charge in [-0.05, 0) is 13.0 Å². The Bertz CT molecular complexity index is 612. The van der Waals surface area contributed by atoms with Crippen molar-refractivity contribution in [2.24, 2.45) is 0 Å². The standard InChI is InChI=1S/C10H13N3O5S/c1-7-3-4-8(5-9(7)13(15)16)19(17,18)12-6-10(14)11-2/h3-5,12H,6H2,1-2H3,(H,11,14). The average Bonchev–Trinajstić information content (AvgIpc) is 2.35. The summed E-state index contributed by atoms with van der Waals surface area (Å²) in [7, 11) is -2.59. The molecule has 19 heavy (non-hydrogen) atoms. The fourth-order valence-electron chi connectivity index (χ4n) is 1.29. The van der Waals surface area contributed by atoms with E-state index in [1.165, 1.54) is 26.1 Å². The van der Waals surface area contributed by atoms with Crippen molar-refractivity contribution in [2.75, 3.05) is 13.6 Å². The van der Waals surface area contributed by atoms with E-state index in [2.05, 4.69) is 5.32 Å². The number of rotatable bonds is 5. The molecule has 0 spiro atoms. The van der Waals surface area contributed by atoms with Crippen molar-refractivity contribution in [2.45, 2.75) is 11.8 Å². The molecular formula is C10H13N3O5S. The number of carbonyl (C=O) groups excluding carboxylic acids is 1. The Morgan fingerprint density at radius 1 is 1.42 bits per heavy atom. The first-order chi connectivity index (χ1) is 8.77. The van der Waals surface area contributed by atoms with E-state index in [1.54, 1.807) is 0 Å². The lowest BCUT2D eigenvalue weighted by molar-refractivity contribution is -0.385. The maximum atomic E-state index is 11.8. The third-order valence-electron chi connectivity index (χ3n) is 2.39. The number of likely N-dealkylation sites (N-methyl/N-ethyl adjacent to an activating group) is 1. The van der Waals surface area contributed by atoms with Crippen molar-refractivity contribution in [3.8, 4) is 0 Å². The van der Waals surface area contributed by atoms with Gasteiger partial charge < -0.3 is 5.32 Å². The summed E-state index contributed by atoms with van der Waals surface area (Å²) in [6.45, 7) is 1.08. The molecule has 0 aliphatic rings. The molecule has 9 heteroatoms. The van der Waals surface area contributed by atoms with Crippen LogP contribution in [-0.4, -0.2) is 32.8 Å². The lowest BCUT2D eigenvalue weighted by atomic mass is 10.2.